The van der Waals surface area contributed by atoms with E-state index in [4.69, 9.17) is 22.1 Å². The van der Waals surface area contributed by atoms with Crippen LogP contribution in [0.2, 0.25) is 5.02 Å². The number of morpholine rings is 1. The van der Waals surface area contributed by atoms with E-state index in [1.165, 1.54) is 0 Å². The molecule has 20 heavy (non-hydrogen) atoms. The fourth-order valence-corrected chi connectivity index (χ4v) is 2.63. The summed E-state index contributed by atoms with van der Waals surface area (Å²) in [6.45, 7) is 4.89. The largest absolute Gasteiger partial charge is 0.369 e. The summed E-state index contributed by atoms with van der Waals surface area (Å²) in [6.07, 6.45) is 0.451. The van der Waals surface area contributed by atoms with Crippen molar-refractivity contribution in [1.82, 2.24) is 4.90 Å². The van der Waals surface area contributed by atoms with Crippen molar-refractivity contribution in [3.63, 3.8) is 0 Å². The van der Waals surface area contributed by atoms with Crippen molar-refractivity contribution in [2.75, 3.05) is 13.2 Å². The predicted molar refractivity (Wildman–Crippen MR) is 79.6 cm³/mol. The van der Waals surface area contributed by atoms with Crippen molar-refractivity contribution in [3.05, 3.63) is 34.9 Å². The maximum absolute atomic E-state index is 12.3. The summed E-state index contributed by atoms with van der Waals surface area (Å²) in [6, 6.07) is 7.18. The monoisotopic (exact) mass is 296 g/mol. The van der Waals surface area contributed by atoms with Crippen molar-refractivity contribution < 1.29 is 9.53 Å². The highest BCUT2D eigenvalue weighted by Gasteiger charge is 2.32. The number of nitrogens with two attached hydrogens (primary N) is 1. The fraction of sp³-hybridized carbons (Fsp3) is 0.533. The van der Waals surface area contributed by atoms with Crippen LogP contribution in [0.15, 0.2) is 24.3 Å². The number of benzene rings is 1. The van der Waals surface area contributed by atoms with Crippen LogP contribution in [0.3, 0.4) is 0 Å². The van der Waals surface area contributed by atoms with E-state index < -0.39 is 6.04 Å². The molecular weight excluding hydrogens is 276 g/mol. The van der Waals surface area contributed by atoms with E-state index in [1.807, 2.05) is 43.0 Å². The SMILES string of the molecule is CC[C@H](N)C(=O)N1C[C@@H](c2ccccc2Cl)OC[C@H]1C. The van der Waals surface area contributed by atoms with Gasteiger partial charge >= 0.3 is 0 Å². The van der Waals surface area contributed by atoms with Gasteiger partial charge in [0.15, 0.2) is 0 Å². The molecule has 3 atom stereocenters. The molecule has 1 saturated heterocycles. The second-order valence-electron chi connectivity index (χ2n) is 5.20. The lowest BCUT2D eigenvalue weighted by molar-refractivity contribution is -0.145. The number of carbonyl (C=O) groups excluding carboxylic acids is 1. The van der Waals surface area contributed by atoms with Crippen molar-refractivity contribution in [1.29, 1.82) is 0 Å². The number of rotatable bonds is 3. The number of amides is 1. The molecule has 2 N–H and O–H groups in total. The van der Waals surface area contributed by atoms with Crippen molar-refractivity contribution in [3.8, 4) is 0 Å². The fourth-order valence-electron chi connectivity index (χ4n) is 2.38. The van der Waals surface area contributed by atoms with Gasteiger partial charge in [-0.3, -0.25) is 4.79 Å². The van der Waals surface area contributed by atoms with Gasteiger partial charge in [0.05, 0.1) is 25.2 Å². The number of halogens is 1. The summed E-state index contributed by atoms with van der Waals surface area (Å²) in [4.78, 5) is 14.1. The van der Waals surface area contributed by atoms with Crippen molar-refractivity contribution >= 4 is 17.5 Å². The Kier molecular flexibility index (Phi) is 5.02. The smallest absolute Gasteiger partial charge is 0.239 e. The maximum Gasteiger partial charge on any atom is 0.239 e. The third kappa shape index (κ3) is 3.14. The zero-order valence-corrected chi connectivity index (χ0v) is 12.6. The topological polar surface area (TPSA) is 55.6 Å². The quantitative estimate of drug-likeness (QED) is 0.931. The molecule has 110 valence electrons. The van der Waals surface area contributed by atoms with Gasteiger partial charge in [-0.1, -0.05) is 36.7 Å². The molecule has 0 aromatic heterocycles. The normalized spacial score (nSPS) is 24.5. The second-order valence-corrected chi connectivity index (χ2v) is 5.61. The summed E-state index contributed by atoms with van der Waals surface area (Å²) in [5.74, 6) is -0.0136. The van der Waals surface area contributed by atoms with Crippen LogP contribution in [0.4, 0.5) is 0 Å². The van der Waals surface area contributed by atoms with Crippen LogP contribution in [-0.2, 0) is 9.53 Å². The van der Waals surface area contributed by atoms with Crippen LogP contribution in [0.5, 0.6) is 0 Å². The molecule has 0 aliphatic carbocycles. The molecule has 1 aliphatic rings. The number of ether oxygens (including phenoxy) is 1. The van der Waals surface area contributed by atoms with Crippen LogP contribution in [0.1, 0.15) is 31.9 Å². The lowest BCUT2D eigenvalue weighted by Gasteiger charge is -2.39. The van der Waals surface area contributed by atoms with E-state index in [0.717, 1.165) is 5.56 Å². The highest BCUT2D eigenvalue weighted by molar-refractivity contribution is 6.31. The molecule has 2 rings (SSSR count). The van der Waals surface area contributed by atoms with E-state index in [1.54, 1.807) is 0 Å². The van der Waals surface area contributed by atoms with Crippen LogP contribution in [0.25, 0.3) is 0 Å². The van der Waals surface area contributed by atoms with Gasteiger partial charge in [0.2, 0.25) is 5.91 Å². The second kappa shape index (κ2) is 6.57. The molecule has 5 heteroatoms. The first-order valence-electron chi connectivity index (χ1n) is 6.96. The first-order valence-corrected chi connectivity index (χ1v) is 7.34. The van der Waals surface area contributed by atoms with E-state index in [0.29, 0.717) is 24.6 Å². The average molecular weight is 297 g/mol. The number of hydrogen-bond acceptors (Lipinski definition) is 3. The number of nitrogens with zero attached hydrogens (tertiary/aromatic N) is 1. The maximum atomic E-state index is 12.3. The van der Waals surface area contributed by atoms with Crippen LogP contribution in [-0.4, -0.2) is 36.0 Å². The molecular formula is C15H21ClN2O2. The van der Waals surface area contributed by atoms with Gasteiger partial charge in [-0.15, -0.1) is 0 Å². The standard InChI is InChI=1S/C15H21ClN2O2/c1-3-13(17)15(19)18-8-14(20-9-10(18)2)11-6-4-5-7-12(11)16/h4-7,10,13-14H,3,8-9,17H2,1-2H3/t10-,13+,14+/m1/s1. The Morgan fingerprint density at radius 1 is 1.55 bits per heavy atom. The molecule has 0 unspecified atom stereocenters. The van der Waals surface area contributed by atoms with E-state index >= 15 is 0 Å². The molecule has 0 spiro atoms. The lowest BCUT2D eigenvalue weighted by Crippen LogP contribution is -2.53. The first-order chi connectivity index (χ1) is 9.54. The molecule has 1 fully saturated rings. The van der Waals surface area contributed by atoms with Crippen LogP contribution < -0.4 is 5.73 Å². The molecule has 4 nitrogen and oxygen atoms in total. The zero-order valence-electron chi connectivity index (χ0n) is 11.9. The first kappa shape index (κ1) is 15.3. The molecule has 0 saturated carbocycles. The highest BCUT2D eigenvalue weighted by atomic mass is 35.5. The Labute approximate surface area is 124 Å². The Morgan fingerprint density at radius 2 is 2.25 bits per heavy atom. The van der Waals surface area contributed by atoms with Gasteiger partial charge in [-0.2, -0.15) is 0 Å². The summed E-state index contributed by atoms with van der Waals surface area (Å²) in [5, 5.41) is 0.666. The van der Waals surface area contributed by atoms with Gasteiger partial charge in [0.25, 0.3) is 0 Å². The molecule has 1 heterocycles. The van der Waals surface area contributed by atoms with Gasteiger partial charge in [0.1, 0.15) is 6.10 Å². The molecule has 1 aliphatic heterocycles. The summed E-state index contributed by atoms with van der Waals surface area (Å²) >= 11 is 6.20. The predicted octanol–water partition coefficient (Wildman–Crippen LogP) is 2.37. The third-order valence-corrected chi connectivity index (χ3v) is 4.07. The Balaban J connectivity index is 2.16. The molecule has 1 aromatic rings. The van der Waals surface area contributed by atoms with Crippen LogP contribution >= 0.6 is 11.6 Å². The molecule has 1 aromatic carbocycles. The highest BCUT2D eigenvalue weighted by Crippen LogP contribution is 2.30. The molecule has 1 amide bonds. The Bertz CT molecular complexity index is 481. The zero-order chi connectivity index (χ0) is 14.7. The minimum absolute atomic E-state index is 0.0136. The van der Waals surface area contributed by atoms with E-state index in [2.05, 4.69) is 0 Å². The van der Waals surface area contributed by atoms with Crippen molar-refractivity contribution in [2.24, 2.45) is 5.73 Å². The lowest BCUT2D eigenvalue weighted by atomic mass is 10.0. The van der Waals surface area contributed by atoms with Crippen molar-refractivity contribution in [2.45, 2.75) is 38.5 Å². The number of hydrogen-bond donors (Lipinski definition) is 1. The minimum atomic E-state index is -0.442. The Morgan fingerprint density at radius 3 is 2.90 bits per heavy atom. The molecule has 0 bridgehead atoms. The summed E-state index contributed by atoms with van der Waals surface area (Å²) in [7, 11) is 0. The Hall–Kier alpha value is -1.10. The summed E-state index contributed by atoms with van der Waals surface area (Å²) < 4.78 is 5.83. The molecule has 0 radical (unpaired) electrons. The average Bonchev–Trinajstić information content (AvgIpc) is 2.47. The van der Waals surface area contributed by atoms with E-state index in [-0.39, 0.29) is 18.1 Å². The van der Waals surface area contributed by atoms with Gasteiger partial charge in [-0.25, -0.2) is 0 Å². The van der Waals surface area contributed by atoms with Crippen LogP contribution in [0, 0.1) is 0 Å². The van der Waals surface area contributed by atoms with Gasteiger partial charge in [0, 0.05) is 10.6 Å². The minimum Gasteiger partial charge on any atom is -0.369 e. The third-order valence-electron chi connectivity index (χ3n) is 3.73. The number of carbonyl (C=O) groups is 1. The van der Waals surface area contributed by atoms with Gasteiger partial charge < -0.3 is 15.4 Å². The van der Waals surface area contributed by atoms with Gasteiger partial charge in [-0.05, 0) is 19.4 Å². The summed E-state index contributed by atoms with van der Waals surface area (Å²) in [5.41, 5.74) is 6.79. The van der Waals surface area contributed by atoms with E-state index in [9.17, 15) is 4.79 Å².